The van der Waals surface area contributed by atoms with Crippen molar-refractivity contribution < 1.29 is 63.0 Å². The molecule has 1 saturated carbocycles. The maximum Gasteiger partial charge on any atom is 0.431 e. The second-order valence-corrected chi connectivity index (χ2v) is 10.1. The molecule has 0 unspecified atom stereocenters. The third-order valence-corrected chi connectivity index (χ3v) is 6.94. The molecule has 1 aromatic carbocycles. The molecule has 0 radical (unpaired) electrons. The Morgan fingerprint density at radius 2 is 1.52 bits per heavy atom. The van der Waals surface area contributed by atoms with Crippen molar-refractivity contribution in [3.05, 3.63) is 98.7 Å². The van der Waals surface area contributed by atoms with Crippen LogP contribution in [0.1, 0.15) is 46.4 Å². The zero-order valence-corrected chi connectivity index (χ0v) is 23.8. The van der Waals surface area contributed by atoms with Gasteiger partial charge in [0.2, 0.25) is 0 Å². The van der Waals surface area contributed by atoms with Crippen LogP contribution in [0.2, 0.25) is 0 Å². The van der Waals surface area contributed by atoms with Gasteiger partial charge in [0.1, 0.15) is 29.4 Å². The fourth-order valence-electron chi connectivity index (χ4n) is 4.82. The molecule has 17 heteroatoms. The summed E-state index contributed by atoms with van der Waals surface area (Å²) in [5.41, 5.74) is -6.53. The van der Waals surface area contributed by atoms with Crippen molar-refractivity contribution in [3.63, 3.8) is 0 Å². The fraction of sp³-hybridized carbons (Fsp3) is 0.345. The number of allylic oxidation sites excluding steroid dienone is 5. The molecular weight excluding hydrogens is 647 g/mol. The van der Waals surface area contributed by atoms with Gasteiger partial charge in [-0.1, -0.05) is 6.07 Å². The molecular formula is C29H24F11N3O3. The third-order valence-electron chi connectivity index (χ3n) is 6.94. The number of carbonyl (C=O) groups excluding carboxylic acids is 1. The van der Waals surface area contributed by atoms with Gasteiger partial charge in [0.05, 0.1) is 11.1 Å². The van der Waals surface area contributed by atoms with E-state index < -0.39 is 94.2 Å². The van der Waals surface area contributed by atoms with E-state index in [0.717, 1.165) is 44.4 Å². The summed E-state index contributed by atoms with van der Waals surface area (Å²) in [4.78, 5) is 25.4. The molecule has 2 aromatic rings. The number of pyridine rings is 1. The van der Waals surface area contributed by atoms with Crippen LogP contribution in [0.25, 0.3) is 0 Å². The number of alkyl halides is 9. The van der Waals surface area contributed by atoms with Crippen molar-refractivity contribution in [1.82, 2.24) is 15.2 Å². The molecule has 4 rings (SSSR count). The quantitative estimate of drug-likeness (QED) is 0.324. The number of aryl methyl sites for hydroxylation is 1. The van der Waals surface area contributed by atoms with Gasteiger partial charge in [-0.15, -0.1) is 0 Å². The Balaban J connectivity index is 0.000000322. The second kappa shape index (κ2) is 13.5. The predicted molar refractivity (Wildman–Crippen MR) is 140 cm³/mol. The van der Waals surface area contributed by atoms with Gasteiger partial charge in [-0.2, -0.15) is 39.5 Å². The number of carboxylic acids is 1. The Hall–Kier alpha value is -4.44. The summed E-state index contributed by atoms with van der Waals surface area (Å²) in [5.74, 6) is -4.44. The summed E-state index contributed by atoms with van der Waals surface area (Å²) < 4.78 is 148. The van der Waals surface area contributed by atoms with E-state index in [-0.39, 0.29) is 24.6 Å². The van der Waals surface area contributed by atoms with Crippen molar-refractivity contribution in [3.8, 4) is 0 Å². The van der Waals surface area contributed by atoms with Crippen molar-refractivity contribution in [2.24, 2.45) is 0 Å². The lowest BCUT2D eigenvalue weighted by Gasteiger charge is -2.38. The average molecular weight is 672 g/mol. The molecule has 1 fully saturated rings. The first-order valence-electron chi connectivity index (χ1n) is 13.2. The van der Waals surface area contributed by atoms with Crippen LogP contribution in [0, 0.1) is 18.6 Å². The van der Waals surface area contributed by atoms with Gasteiger partial charge in [-0.3, -0.25) is 14.6 Å². The van der Waals surface area contributed by atoms with E-state index >= 15 is 0 Å². The second-order valence-electron chi connectivity index (χ2n) is 10.1. The number of carboxylic acid groups (broad SMARTS) is 1. The molecule has 6 nitrogen and oxygen atoms in total. The number of carbonyl (C=O) groups is 2. The molecule has 1 aliphatic carbocycles. The Bertz CT molecular complexity index is 1580. The first kappa shape index (κ1) is 36.0. The average Bonchev–Trinajstić information content (AvgIpc) is 2.86. The van der Waals surface area contributed by atoms with Crippen molar-refractivity contribution >= 4 is 11.9 Å². The van der Waals surface area contributed by atoms with Gasteiger partial charge in [-0.05, 0) is 67.2 Å². The number of amides is 1. The van der Waals surface area contributed by atoms with E-state index in [2.05, 4.69) is 4.98 Å². The SMILES string of the molecule is Cc1nccc(CC2=C(C(F)(F)F)C=C(C(F)(F)F)N(C)C2=C2CCC2)c1C(F)(F)F.O=C(O)CNC(=O)c1c(F)cccc1F. The van der Waals surface area contributed by atoms with E-state index in [1.165, 1.54) is 0 Å². The van der Waals surface area contributed by atoms with E-state index in [0.29, 0.717) is 16.9 Å². The monoisotopic (exact) mass is 671 g/mol. The Morgan fingerprint density at radius 3 is 1.98 bits per heavy atom. The maximum atomic E-state index is 13.8. The van der Waals surface area contributed by atoms with Gasteiger partial charge >= 0.3 is 24.5 Å². The molecule has 2 aliphatic rings. The molecule has 0 atom stereocenters. The number of aliphatic carboxylic acids is 1. The smallest absolute Gasteiger partial charge is 0.431 e. The summed E-state index contributed by atoms with van der Waals surface area (Å²) in [6, 6.07) is 3.89. The fourth-order valence-corrected chi connectivity index (χ4v) is 4.82. The molecule has 46 heavy (non-hydrogen) atoms. The number of halogens is 11. The molecule has 2 N–H and O–H groups in total. The van der Waals surface area contributed by atoms with Crippen molar-refractivity contribution in [2.45, 2.75) is 51.1 Å². The minimum absolute atomic E-state index is 0.0284. The van der Waals surface area contributed by atoms with Crippen LogP contribution < -0.4 is 5.32 Å². The van der Waals surface area contributed by atoms with Gasteiger partial charge in [0.15, 0.2) is 0 Å². The van der Waals surface area contributed by atoms with E-state index in [1.807, 2.05) is 5.32 Å². The standard InChI is InChI=1S/C20H17F9N2.C9H7F2NO3/c1-10-16(20(27,28)29)12(6-7-30-10)8-13-14(18(21,22)23)9-15(19(24,25)26)31(2)17(13)11-4-3-5-11;10-5-2-1-3-6(11)8(5)9(15)12-4-7(13)14/h6-7,9H,3-5,8H2,1-2H3;1-3H,4H2,(H,12,15)(H,13,14). The molecule has 2 heterocycles. The first-order valence-corrected chi connectivity index (χ1v) is 13.2. The van der Waals surface area contributed by atoms with E-state index in [4.69, 9.17) is 5.11 Å². The van der Waals surface area contributed by atoms with Gasteiger partial charge < -0.3 is 15.3 Å². The van der Waals surface area contributed by atoms with E-state index in [9.17, 15) is 57.9 Å². The lowest BCUT2D eigenvalue weighted by Crippen LogP contribution is -2.36. The number of aromatic nitrogens is 1. The van der Waals surface area contributed by atoms with Gasteiger partial charge in [0, 0.05) is 31.1 Å². The van der Waals surface area contributed by atoms with Crippen LogP contribution >= 0.6 is 0 Å². The molecule has 1 aromatic heterocycles. The summed E-state index contributed by atoms with van der Waals surface area (Å²) in [7, 11) is 0.982. The first-order chi connectivity index (χ1) is 21.1. The van der Waals surface area contributed by atoms with Crippen LogP contribution in [-0.4, -0.2) is 52.8 Å². The number of benzene rings is 1. The number of likely N-dealkylation sites (N-methyl/N-ethyl adjacent to an activating group) is 1. The number of hydrogen-bond acceptors (Lipinski definition) is 4. The highest BCUT2D eigenvalue weighted by Crippen LogP contribution is 2.47. The van der Waals surface area contributed by atoms with Crippen LogP contribution in [0.3, 0.4) is 0 Å². The van der Waals surface area contributed by atoms with Gasteiger partial charge in [0.25, 0.3) is 5.91 Å². The highest BCUT2D eigenvalue weighted by Gasteiger charge is 2.47. The van der Waals surface area contributed by atoms with Crippen molar-refractivity contribution in [1.29, 1.82) is 0 Å². The Labute approximate surface area is 253 Å². The predicted octanol–water partition coefficient (Wildman–Crippen LogP) is 7.42. The molecule has 1 amide bonds. The lowest BCUT2D eigenvalue weighted by atomic mass is 9.82. The normalized spacial score (nSPS) is 15.6. The Morgan fingerprint density at radius 1 is 0.935 bits per heavy atom. The summed E-state index contributed by atoms with van der Waals surface area (Å²) >= 11 is 0. The maximum absolute atomic E-state index is 13.8. The van der Waals surface area contributed by atoms with Crippen LogP contribution in [0.5, 0.6) is 0 Å². The third kappa shape index (κ3) is 8.23. The minimum Gasteiger partial charge on any atom is -0.480 e. The number of nitrogens with zero attached hydrogens (tertiary/aromatic N) is 2. The molecule has 0 saturated heterocycles. The molecule has 0 bridgehead atoms. The number of hydrogen-bond donors (Lipinski definition) is 2. The van der Waals surface area contributed by atoms with Crippen molar-refractivity contribution in [2.75, 3.05) is 13.6 Å². The summed E-state index contributed by atoms with van der Waals surface area (Å²) in [5, 5.41) is 10.1. The zero-order valence-electron chi connectivity index (χ0n) is 23.8. The highest BCUT2D eigenvalue weighted by molar-refractivity contribution is 5.96. The Kier molecular flexibility index (Phi) is 10.6. The van der Waals surface area contributed by atoms with Crippen LogP contribution in [0.4, 0.5) is 48.3 Å². The highest BCUT2D eigenvalue weighted by atomic mass is 19.4. The number of rotatable bonds is 5. The van der Waals surface area contributed by atoms with Crippen LogP contribution in [0.15, 0.2) is 64.7 Å². The van der Waals surface area contributed by atoms with Gasteiger partial charge in [-0.25, -0.2) is 8.78 Å². The largest absolute Gasteiger partial charge is 0.480 e. The van der Waals surface area contributed by atoms with E-state index in [1.54, 1.807) is 0 Å². The molecule has 250 valence electrons. The topological polar surface area (TPSA) is 82.5 Å². The van der Waals surface area contributed by atoms with Crippen LogP contribution in [-0.2, 0) is 17.4 Å². The summed E-state index contributed by atoms with van der Waals surface area (Å²) in [6.07, 6.45) is -13.8. The minimum atomic E-state index is -5.19. The zero-order chi connectivity index (χ0) is 34.8. The molecule has 0 spiro atoms. The molecule has 1 aliphatic heterocycles. The number of nitrogens with one attached hydrogen (secondary N) is 1. The summed E-state index contributed by atoms with van der Waals surface area (Å²) in [6.45, 7) is 0.387. The lowest BCUT2D eigenvalue weighted by molar-refractivity contribution is -0.139.